The molecule has 88 valence electrons. The highest BCUT2D eigenvalue weighted by atomic mass is 35.5. The molecule has 1 rings (SSSR count). The Balaban J connectivity index is 2.77. The van der Waals surface area contributed by atoms with Crippen molar-refractivity contribution in [2.24, 2.45) is 5.92 Å². The maximum atomic E-state index is 10.8. The Labute approximate surface area is 104 Å². The number of anilines is 1. The molecular weight excluding hydrogens is 246 g/mol. The van der Waals surface area contributed by atoms with Gasteiger partial charge >= 0.3 is 5.97 Å². The number of hydrogen-bond acceptors (Lipinski definition) is 3. The number of nitrogens with two attached hydrogens (primary N) is 1. The molecular formula is C11H14ClNO2S. The highest BCUT2D eigenvalue weighted by Crippen LogP contribution is 2.33. The van der Waals surface area contributed by atoms with Gasteiger partial charge in [-0.1, -0.05) is 25.4 Å². The molecule has 0 spiro atoms. The van der Waals surface area contributed by atoms with Crippen LogP contribution in [0.2, 0.25) is 5.02 Å². The van der Waals surface area contributed by atoms with Crippen LogP contribution in [0.25, 0.3) is 0 Å². The van der Waals surface area contributed by atoms with E-state index in [1.54, 1.807) is 19.1 Å². The molecule has 0 aliphatic carbocycles. The molecule has 0 saturated carbocycles. The van der Waals surface area contributed by atoms with Crippen LogP contribution in [0.15, 0.2) is 23.1 Å². The smallest absolute Gasteiger partial charge is 0.307 e. The highest BCUT2D eigenvalue weighted by Gasteiger charge is 2.20. The fourth-order valence-corrected chi connectivity index (χ4v) is 2.37. The number of thioether (sulfide) groups is 1. The zero-order valence-electron chi connectivity index (χ0n) is 9.11. The summed E-state index contributed by atoms with van der Waals surface area (Å²) in [4.78, 5) is 11.7. The van der Waals surface area contributed by atoms with Crippen LogP contribution in [0.4, 0.5) is 5.69 Å². The van der Waals surface area contributed by atoms with E-state index in [2.05, 4.69) is 0 Å². The van der Waals surface area contributed by atoms with E-state index in [-0.39, 0.29) is 5.25 Å². The molecule has 0 fully saturated rings. The summed E-state index contributed by atoms with van der Waals surface area (Å²) in [6.07, 6.45) is 0. The number of hydrogen-bond donors (Lipinski definition) is 2. The van der Waals surface area contributed by atoms with Crippen molar-refractivity contribution < 1.29 is 9.90 Å². The lowest BCUT2D eigenvalue weighted by atomic mass is 10.1. The molecule has 2 atom stereocenters. The summed E-state index contributed by atoms with van der Waals surface area (Å²) in [5, 5.41) is 9.42. The van der Waals surface area contributed by atoms with Gasteiger partial charge in [0.1, 0.15) is 0 Å². The maximum absolute atomic E-state index is 10.8. The average Bonchev–Trinajstić information content (AvgIpc) is 2.20. The minimum Gasteiger partial charge on any atom is -0.481 e. The number of carbonyl (C=O) groups is 1. The number of rotatable bonds is 4. The van der Waals surface area contributed by atoms with E-state index >= 15 is 0 Å². The molecule has 1 aromatic carbocycles. The fraction of sp³-hybridized carbons (Fsp3) is 0.364. The molecule has 0 radical (unpaired) electrons. The second-order valence-electron chi connectivity index (χ2n) is 3.63. The molecule has 3 nitrogen and oxygen atoms in total. The highest BCUT2D eigenvalue weighted by molar-refractivity contribution is 8.00. The Bertz CT molecular complexity index is 398. The number of halogens is 1. The molecule has 3 N–H and O–H groups in total. The Kier molecular flexibility index (Phi) is 4.50. The summed E-state index contributed by atoms with van der Waals surface area (Å²) in [5.41, 5.74) is 6.38. The van der Waals surface area contributed by atoms with Crippen LogP contribution in [-0.4, -0.2) is 16.3 Å². The van der Waals surface area contributed by atoms with E-state index in [1.165, 1.54) is 11.8 Å². The number of carboxylic acids is 1. The van der Waals surface area contributed by atoms with Crippen LogP contribution < -0.4 is 5.73 Å². The van der Waals surface area contributed by atoms with Gasteiger partial charge in [0.15, 0.2) is 0 Å². The lowest BCUT2D eigenvalue weighted by molar-refractivity contribution is -0.140. The van der Waals surface area contributed by atoms with Gasteiger partial charge in [0.25, 0.3) is 0 Å². The van der Waals surface area contributed by atoms with Crippen molar-refractivity contribution in [2.75, 3.05) is 5.73 Å². The molecule has 0 saturated heterocycles. The Morgan fingerprint density at radius 1 is 1.50 bits per heavy atom. The fourth-order valence-electron chi connectivity index (χ4n) is 1.13. The topological polar surface area (TPSA) is 63.3 Å². The monoisotopic (exact) mass is 259 g/mol. The Hall–Kier alpha value is -0.870. The third-order valence-corrected chi connectivity index (χ3v) is 4.02. The number of benzene rings is 1. The van der Waals surface area contributed by atoms with E-state index in [0.717, 1.165) is 4.90 Å². The molecule has 0 heterocycles. The van der Waals surface area contributed by atoms with Crippen LogP contribution in [0.5, 0.6) is 0 Å². The van der Waals surface area contributed by atoms with Crippen molar-refractivity contribution >= 4 is 35.0 Å². The van der Waals surface area contributed by atoms with Gasteiger partial charge in [0.05, 0.1) is 5.92 Å². The van der Waals surface area contributed by atoms with Gasteiger partial charge < -0.3 is 10.8 Å². The van der Waals surface area contributed by atoms with Gasteiger partial charge in [0, 0.05) is 20.9 Å². The lowest BCUT2D eigenvalue weighted by Gasteiger charge is -2.16. The van der Waals surface area contributed by atoms with Gasteiger partial charge in [-0.25, -0.2) is 0 Å². The molecule has 0 aromatic heterocycles. The molecule has 0 amide bonds. The van der Waals surface area contributed by atoms with Crippen LogP contribution in [0.3, 0.4) is 0 Å². The molecule has 5 heteroatoms. The number of nitrogen functional groups attached to an aromatic ring is 1. The van der Waals surface area contributed by atoms with Crippen molar-refractivity contribution in [1.29, 1.82) is 0 Å². The van der Waals surface area contributed by atoms with Crippen LogP contribution in [0, 0.1) is 5.92 Å². The van der Waals surface area contributed by atoms with Crippen molar-refractivity contribution in [3.63, 3.8) is 0 Å². The molecule has 0 bridgehead atoms. The number of carboxylic acid groups (broad SMARTS) is 1. The second kappa shape index (κ2) is 5.46. The molecule has 16 heavy (non-hydrogen) atoms. The van der Waals surface area contributed by atoms with Gasteiger partial charge in [-0.05, 0) is 18.2 Å². The van der Waals surface area contributed by atoms with E-state index in [4.69, 9.17) is 22.4 Å². The van der Waals surface area contributed by atoms with Gasteiger partial charge in [-0.3, -0.25) is 4.79 Å². The van der Waals surface area contributed by atoms with Crippen LogP contribution in [0.1, 0.15) is 13.8 Å². The van der Waals surface area contributed by atoms with E-state index < -0.39 is 11.9 Å². The first-order valence-electron chi connectivity index (χ1n) is 4.86. The van der Waals surface area contributed by atoms with Crippen molar-refractivity contribution in [2.45, 2.75) is 24.0 Å². The van der Waals surface area contributed by atoms with Crippen molar-refractivity contribution in [1.82, 2.24) is 0 Å². The molecule has 2 unspecified atom stereocenters. The largest absolute Gasteiger partial charge is 0.481 e. The van der Waals surface area contributed by atoms with Crippen LogP contribution >= 0.6 is 23.4 Å². The van der Waals surface area contributed by atoms with Crippen molar-refractivity contribution in [3.05, 3.63) is 23.2 Å². The molecule has 1 aromatic rings. The average molecular weight is 260 g/mol. The molecule has 0 aliphatic rings. The standard InChI is InChI=1S/C11H14ClNO2S/c1-6(11(14)15)7(2)16-10-4-3-8(12)5-9(10)13/h3-7H,13H2,1-2H3,(H,14,15). The Morgan fingerprint density at radius 3 is 2.62 bits per heavy atom. The van der Waals surface area contributed by atoms with Crippen LogP contribution in [-0.2, 0) is 4.79 Å². The predicted molar refractivity (Wildman–Crippen MR) is 68.0 cm³/mol. The van der Waals surface area contributed by atoms with Gasteiger partial charge in [0.2, 0.25) is 0 Å². The summed E-state index contributed by atoms with van der Waals surface area (Å²) < 4.78 is 0. The molecule has 0 aliphatic heterocycles. The van der Waals surface area contributed by atoms with E-state index in [0.29, 0.717) is 10.7 Å². The second-order valence-corrected chi connectivity index (χ2v) is 5.49. The number of aliphatic carboxylic acids is 1. The third-order valence-electron chi connectivity index (χ3n) is 2.38. The SMILES string of the molecule is CC(Sc1ccc(Cl)cc1N)C(C)C(=O)O. The van der Waals surface area contributed by atoms with E-state index in [9.17, 15) is 4.79 Å². The summed E-state index contributed by atoms with van der Waals surface area (Å²) in [7, 11) is 0. The zero-order chi connectivity index (χ0) is 12.3. The lowest BCUT2D eigenvalue weighted by Crippen LogP contribution is -2.20. The summed E-state index contributed by atoms with van der Waals surface area (Å²) in [5.74, 6) is -1.22. The van der Waals surface area contributed by atoms with Gasteiger partial charge in [-0.15, -0.1) is 11.8 Å². The summed E-state index contributed by atoms with van der Waals surface area (Å²) in [6.45, 7) is 3.56. The summed E-state index contributed by atoms with van der Waals surface area (Å²) >= 11 is 7.23. The normalized spacial score (nSPS) is 14.4. The minimum atomic E-state index is -0.799. The minimum absolute atomic E-state index is 0.0408. The van der Waals surface area contributed by atoms with Gasteiger partial charge in [-0.2, -0.15) is 0 Å². The first kappa shape index (κ1) is 13.2. The first-order chi connectivity index (χ1) is 7.41. The summed E-state index contributed by atoms with van der Waals surface area (Å²) in [6, 6.07) is 5.23. The zero-order valence-corrected chi connectivity index (χ0v) is 10.7. The quantitative estimate of drug-likeness (QED) is 0.644. The maximum Gasteiger partial charge on any atom is 0.307 e. The van der Waals surface area contributed by atoms with E-state index in [1.807, 2.05) is 13.0 Å². The van der Waals surface area contributed by atoms with Crippen molar-refractivity contribution in [3.8, 4) is 0 Å². The third kappa shape index (κ3) is 3.32. The first-order valence-corrected chi connectivity index (χ1v) is 6.12. The predicted octanol–water partition coefficient (Wildman–Crippen LogP) is 3.12. The Morgan fingerprint density at radius 2 is 2.12 bits per heavy atom.